The summed E-state index contributed by atoms with van der Waals surface area (Å²) < 4.78 is 0. The van der Waals surface area contributed by atoms with Gasteiger partial charge in [0.25, 0.3) is 0 Å². The topological polar surface area (TPSA) is 41.1 Å². The summed E-state index contributed by atoms with van der Waals surface area (Å²) in [6, 6.07) is 18.7. The van der Waals surface area contributed by atoms with Gasteiger partial charge in [0.15, 0.2) is 0 Å². The Balaban J connectivity index is 1.42. The second kappa shape index (κ2) is 10.0. The minimum atomic E-state index is 0.368. The molecule has 7 heteroatoms. The Kier molecular flexibility index (Phi) is 7.16. The number of nitrogens with one attached hydrogen (secondary N) is 1. The highest BCUT2D eigenvalue weighted by Crippen LogP contribution is 2.38. The number of nitrogens with zero attached hydrogens (tertiary/aromatic N) is 3. The van der Waals surface area contributed by atoms with E-state index in [-0.39, 0.29) is 0 Å². The number of likely N-dealkylation sites (tertiary alicyclic amines) is 1. The number of piperidine rings is 1. The van der Waals surface area contributed by atoms with Gasteiger partial charge in [0.05, 0.1) is 4.90 Å². The van der Waals surface area contributed by atoms with Gasteiger partial charge in [-0.2, -0.15) is 0 Å². The van der Waals surface area contributed by atoms with Gasteiger partial charge in [-0.3, -0.25) is 4.90 Å². The van der Waals surface area contributed by atoms with Crippen molar-refractivity contribution < 1.29 is 0 Å². The van der Waals surface area contributed by atoms with Crippen LogP contribution in [0.1, 0.15) is 24.2 Å². The van der Waals surface area contributed by atoms with E-state index in [0.717, 1.165) is 48.1 Å². The van der Waals surface area contributed by atoms with Crippen LogP contribution in [0.5, 0.6) is 0 Å². The smallest absolute Gasteiger partial charge is 0.148 e. The Morgan fingerprint density at radius 1 is 1.00 bits per heavy atom. The van der Waals surface area contributed by atoms with Crippen LogP contribution in [0.3, 0.4) is 0 Å². The first-order valence-corrected chi connectivity index (χ1v) is 11.6. The van der Waals surface area contributed by atoms with Gasteiger partial charge in [-0.15, -0.1) is 0 Å². The van der Waals surface area contributed by atoms with Gasteiger partial charge in [-0.05, 0) is 49.6 Å². The van der Waals surface area contributed by atoms with Crippen LogP contribution in [0, 0.1) is 6.92 Å². The van der Waals surface area contributed by atoms with Gasteiger partial charge in [0, 0.05) is 35.6 Å². The molecule has 1 aromatic heterocycles. The number of hydrogen-bond acceptors (Lipinski definition) is 5. The van der Waals surface area contributed by atoms with Crippen molar-refractivity contribution in [3.8, 4) is 0 Å². The molecule has 1 aliphatic heterocycles. The molecule has 3 aromatic rings. The minimum Gasteiger partial charge on any atom is -0.366 e. The number of benzene rings is 2. The Morgan fingerprint density at radius 3 is 2.40 bits per heavy atom. The van der Waals surface area contributed by atoms with Crippen molar-refractivity contribution in [1.82, 2.24) is 14.9 Å². The van der Waals surface area contributed by atoms with Crippen LogP contribution >= 0.6 is 35.0 Å². The Bertz CT molecular complexity index is 974. The van der Waals surface area contributed by atoms with Gasteiger partial charge in [-0.25, -0.2) is 9.97 Å². The number of hydrogen-bond donors (Lipinski definition) is 1. The van der Waals surface area contributed by atoms with Gasteiger partial charge in [0.2, 0.25) is 0 Å². The number of rotatable bonds is 6. The maximum atomic E-state index is 6.50. The van der Waals surface area contributed by atoms with Crippen LogP contribution in [0.15, 0.2) is 64.4 Å². The molecule has 0 bridgehead atoms. The van der Waals surface area contributed by atoms with E-state index in [1.165, 1.54) is 5.56 Å². The lowest BCUT2D eigenvalue weighted by Crippen LogP contribution is -2.38. The standard InChI is InChI=1S/C23H24Cl2N4S/c1-16-26-22(25)21(30-20-9-7-18(24)8-10-20)23(27-16)28-19-11-13-29(14-12-19)15-17-5-3-2-4-6-17/h2-10,19H,11-15H2,1H3,(H,26,27,28). The van der Waals surface area contributed by atoms with E-state index in [9.17, 15) is 0 Å². The molecule has 2 heterocycles. The van der Waals surface area contributed by atoms with Crippen molar-refractivity contribution in [1.29, 1.82) is 0 Å². The summed E-state index contributed by atoms with van der Waals surface area (Å²) in [5.74, 6) is 1.48. The first-order chi connectivity index (χ1) is 14.6. The fourth-order valence-corrected chi connectivity index (χ4v) is 4.90. The summed E-state index contributed by atoms with van der Waals surface area (Å²) >= 11 is 14.1. The SMILES string of the molecule is Cc1nc(Cl)c(Sc2ccc(Cl)cc2)c(NC2CCN(Cc3ccccc3)CC2)n1. The van der Waals surface area contributed by atoms with Crippen molar-refractivity contribution in [2.75, 3.05) is 18.4 Å². The average Bonchev–Trinajstić information content (AvgIpc) is 2.74. The van der Waals surface area contributed by atoms with Crippen molar-refractivity contribution >= 4 is 40.8 Å². The summed E-state index contributed by atoms with van der Waals surface area (Å²) in [5, 5.41) is 4.83. The van der Waals surface area contributed by atoms with Gasteiger partial charge < -0.3 is 5.32 Å². The average molecular weight is 459 g/mol. The molecule has 4 nitrogen and oxygen atoms in total. The molecule has 0 unspecified atom stereocenters. The second-order valence-electron chi connectivity index (χ2n) is 7.48. The molecule has 4 rings (SSSR count). The lowest BCUT2D eigenvalue weighted by atomic mass is 10.0. The van der Waals surface area contributed by atoms with Crippen LogP contribution in [-0.4, -0.2) is 34.0 Å². The first kappa shape index (κ1) is 21.4. The quantitative estimate of drug-likeness (QED) is 0.437. The summed E-state index contributed by atoms with van der Waals surface area (Å²) in [7, 11) is 0. The molecule has 0 spiro atoms. The summed E-state index contributed by atoms with van der Waals surface area (Å²) in [6.45, 7) is 4.99. The molecule has 0 saturated carbocycles. The maximum Gasteiger partial charge on any atom is 0.148 e. The van der Waals surface area contributed by atoms with Gasteiger partial charge >= 0.3 is 0 Å². The number of aryl methyl sites for hydroxylation is 1. The van der Waals surface area contributed by atoms with Gasteiger partial charge in [-0.1, -0.05) is 65.3 Å². The van der Waals surface area contributed by atoms with Gasteiger partial charge in [0.1, 0.15) is 16.8 Å². The molecule has 0 radical (unpaired) electrons. The molecule has 0 aliphatic carbocycles. The number of anilines is 1. The summed E-state index contributed by atoms with van der Waals surface area (Å²) in [6.07, 6.45) is 2.14. The largest absolute Gasteiger partial charge is 0.366 e. The second-order valence-corrected chi connectivity index (χ2v) is 9.35. The predicted molar refractivity (Wildman–Crippen MR) is 126 cm³/mol. The molecule has 156 valence electrons. The number of aromatic nitrogens is 2. The Morgan fingerprint density at radius 2 is 1.70 bits per heavy atom. The maximum absolute atomic E-state index is 6.50. The van der Waals surface area contributed by atoms with Crippen LogP contribution < -0.4 is 5.32 Å². The van der Waals surface area contributed by atoms with Crippen LogP contribution in [0.2, 0.25) is 10.2 Å². The monoisotopic (exact) mass is 458 g/mol. The molecular formula is C23H24Cl2N4S. The molecule has 2 aromatic carbocycles. The Labute approximate surface area is 192 Å². The van der Waals surface area contributed by atoms with Crippen molar-refractivity contribution in [2.24, 2.45) is 0 Å². The van der Waals surface area contributed by atoms with Crippen molar-refractivity contribution in [3.05, 3.63) is 76.2 Å². The van der Waals surface area contributed by atoms with Crippen LogP contribution in [-0.2, 0) is 6.54 Å². The number of halogens is 2. The Hall–Kier alpha value is -1.79. The molecule has 1 fully saturated rings. The lowest BCUT2D eigenvalue weighted by Gasteiger charge is -2.33. The van der Waals surface area contributed by atoms with E-state index < -0.39 is 0 Å². The zero-order chi connectivity index (χ0) is 20.9. The molecule has 0 amide bonds. The first-order valence-electron chi connectivity index (χ1n) is 10.1. The van der Waals surface area contributed by atoms with E-state index in [4.69, 9.17) is 23.2 Å². The third kappa shape index (κ3) is 5.67. The van der Waals surface area contributed by atoms with E-state index in [0.29, 0.717) is 22.0 Å². The highest BCUT2D eigenvalue weighted by atomic mass is 35.5. The highest BCUT2D eigenvalue weighted by Gasteiger charge is 2.22. The molecule has 1 saturated heterocycles. The van der Waals surface area contributed by atoms with E-state index in [2.05, 4.69) is 50.5 Å². The zero-order valence-electron chi connectivity index (χ0n) is 16.8. The van der Waals surface area contributed by atoms with E-state index in [1.807, 2.05) is 31.2 Å². The van der Waals surface area contributed by atoms with Crippen LogP contribution in [0.4, 0.5) is 5.82 Å². The summed E-state index contributed by atoms with van der Waals surface area (Å²) in [5.41, 5.74) is 1.36. The molecular weight excluding hydrogens is 435 g/mol. The van der Waals surface area contributed by atoms with E-state index >= 15 is 0 Å². The predicted octanol–water partition coefficient (Wildman–Crippen LogP) is 6.32. The molecule has 1 N–H and O–H groups in total. The molecule has 30 heavy (non-hydrogen) atoms. The fourth-order valence-electron chi connectivity index (χ4n) is 3.61. The summed E-state index contributed by atoms with van der Waals surface area (Å²) in [4.78, 5) is 13.4. The fraction of sp³-hybridized carbons (Fsp3) is 0.304. The van der Waals surface area contributed by atoms with Crippen molar-refractivity contribution in [3.63, 3.8) is 0 Å². The zero-order valence-corrected chi connectivity index (χ0v) is 19.1. The molecule has 0 atom stereocenters. The third-order valence-corrected chi connectivity index (χ3v) is 6.88. The minimum absolute atomic E-state index is 0.368. The lowest BCUT2D eigenvalue weighted by molar-refractivity contribution is 0.211. The van der Waals surface area contributed by atoms with Crippen LogP contribution in [0.25, 0.3) is 0 Å². The molecule has 1 aliphatic rings. The third-order valence-electron chi connectivity index (χ3n) is 5.15. The highest BCUT2D eigenvalue weighted by molar-refractivity contribution is 7.99. The normalized spacial score (nSPS) is 15.3. The van der Waals surface area contributed by atoms with Crippen molar-refractivity contribution in [2.45, 2.75) is 42.1 Å². The van der Waals surface area contributed by atoms with E-state index in [1.54, 1.807) is 11.8 Å².